The van der Waals surface area contributed by atoms with Gasteiger partial charge in [0.05, 0.1) is 10.6 Å². The van der Waals surface area contributed by atoms with E-state index in [1.807, 2.05) is 7.05 Å². The Balaban J connectivity index is 1.14. The average molecular weight is 583 g/mol. The van der Waals surface area contributed by atoms with Crippen molar-refractivity contribution in [3.63, 3.8) is 0 Å². The van der Waals surface area contributed by atoms with E-state index in [0.717, 1.165) is 82.0 Å². The number of halogens is 4. The number of alkyl halides is 3. The molecule has 1 aromatic heterocycles. The van der Waals surface area contributed by atoms with Crippen molar-refractivity contribution in [2.75, 3.05) is 79.8 Å². The Bertz CT molecular complexity index is 1090. The van der Waals surface area contributed by atoms with Gasteiger partial charge in [-0.1, -0.05) is 11.6 Å². The van der Waals surface area contributed by atoms with Crippen molar-refractivity contribution in [1.82, 2.24) is 20.2 Å². The van der Waals surface area contributed by atoms with E-state index in [-0.39, 0.29) is 5.69 Å². The number of carbonyl (C=O) groups is 1. The van der Waals surface area contributed by atoms with Crippen LogP contribution >= 0.6 is 11.6 Å². The lowest BCUT2D eigenvalue weighted by atomic mass is 10.2. The molecule has 2 aromatic rings. The largest absolute Gasteiger partial charge is 0.417 e. The maximum Gasteiger partial charge on any atom is 0.417 e. The van der Waals surface area contributed by atoms with Crippen molar-refractivity contribution < 1.29 is 18.0 Å². The lowest BCUT2D eigenvalue weighted by Crippen LogP contribution is -2.32. The van der Waals surface area contributed by atoms with Gasteiger partial charge in [0.15, 0.2) is 0 Å². The van der Waals surface area contributed by atoms with Crippen LogP contribution in [-0.2, 0) is 6.18 Å². The maximum absolute atomic E-state index is 13.0. The summed E-state index contributed by atoms with van der Waals surface area (Å²) >= 11 is 5.62. The summed E-state index contributed by atoms with van der Waals surface area (Å²) in [6.07, 6.45) is 1.79. The summed E-state index contributed by atoms with van der Waals surface area (Å²) in [6.45, 7) is 6.90. The Labute approximate surface area is 238 Å². The first-order valence-corrected chi connectivity index (χ1v) is 14.3. The Morgan fingerprint density at radius 3 is 2.30 bits per heavy atom. The SMILES string of the molecule is CN(CCCNC(=O)Nc1ccc(Cl)c(C(F)(F)F)c1)CCCNc1cc(N2CCCC2)nc(N2CCCC2)n1. The normalized spacial score (nSPS) is 15.7. The molecule has 2 aliphatic heterocycles. The molecule has 0 bridgehead atoms. The van der Waals surface area contributed by atoms with Gasteiger partial charge in [-0.15, -0.1) is 0 Å². The fourth-order valence-corrected chi connectivity index (χ4v) is 5.13. The van der Waals surface area contributed by atoms with Crippen molar-refractivity contribution >= 4 is 40.9 Å². The molecular weight excluding hydrogens is 545 g/mol. The van der Waals surface area contributed by atoms with E-state index in [1.54, 1.807) is 0 Å². The third kappa shape index (κ3) is 8.76. The highest BCUT2D eigenvalue weighted by Gasteiger charge is 2.33. The van der Waals surface area contributed by atoms with Crippen molar-refractivity contribution in [3.05, 3.63) is 34.9 Å². The maximum atomic E-state index is 13.0. The van der Waals surface area contributed by atoms with E-state index in [1.165, 1.54) is 31.7 Å². The zero-order valence-corrected chi connectivity index (χ0v) is 23.6. The Hall–Kier alpha value is -2.99. The first kappa shape index (κ1) is 30.0. The van der Waals surface area contributed by atoms with Crippen molar-refractivity contribution in [2.45, 2.75) is 44.7 Å². The molecule has 4 rings (SSSR count). The van der Waals surface area contributed by atoms with Gasteiger partial charge in [-0.2, -0.15) is 23.1 Å². The molecule has 220 valence electrons. The molecule has 0 atom stereocenters. The lowest BCUT2D eigenvalue weighted by molar-refractivity contribution is -0.137. The van der Waals surface area contributed by atoms with Gasteiger partial charge < -0.3 is 30.7 Å². The predicted octanol–water partition coefficient (Wildman–Crippen LogP) is 5.29. The van der Waals surface area contributed by atoms with Crippen LogP contribution in [0.3, 0.4) is 0 Å². The zero-order valence-electron chi connectivity index (χ0n) is 22.9. The zero-order chi connectivity index (χ0) is 28.5. The van der Waals surface area contributed by atoms with Crippen LogP contribution in [-0.4, -0.2) is 80.3 Å². The highest BCUT2D eigenvalue weighted by Crippen LogP contribution is 2.36. The Morgan fingerprint density at radius 1 is 0.975 bits per heavy atom. The number of aromatic nitrogens is 2. The van der Waals surface area contributed by atoms with Crippen LogP contribution in [0, 0.1) is 0 Å². The van der Waals surface area contributed by atoms with Gasteiger partial charge in [-0.3, -0.25) is 0 Å². The van der Waals surface area contributed by atoms with Gasteiger partial charge in [-0.25, -0.2) is 4.79 Å². The monoisotopic (exact) mass is 582 g/mol. The molecule has 2 amide bonds. The summed E-state index contributed by atoms with van der Waals surface area (Å²) in [7, 11) is 2.02. The third-order valence-corrected chi connectivity index (χ3v) is 7.40. The van der Waals surface area contributed by atoms with Gasteiger partial charge in [0.1, 0.15) is 11.6 Å². The number of nitrogens with zero attached hydrogens (tertiary/aromatic N) is 5. The molecule has 2 aliphatic rings. The summed E-state index contributed by atoms with van der Waals surface area (Å²) < 4.78 is 39.0. The number of carbonyl (C=O) groups excluding carboxylic acids is 1. The van der Waals surface area contributed by atoms with Crippen molar-refractivity contribution in [1.29, 1.82) is 0 Å². The molecule has 2 fully saturated rings. The summed E-state index contributed by atoms with van der Waals surface area (Å²) in [4.78, 5) is 28.5. The fraction of sp³-hybridized carbons (Fsp3) is 0.593. The number of nitrogens with one attached hydrogen (secondary N) is 3. The molecule has 2 saturated heterocycles. The van der Waals surface area contributed by atoms with Crippen LogP contribution < -0.4 is 25.8 Å². The molecule has 3 heterocycles. The molecular formula is C27H38ClF3N8O. The second-order valence-corrected chi connectivity index (χ2v) is 10.7. The van der Waals surface area contributed by atoms with Crippen LogP contribution in [0.15, 0.2) is 24.3 Å². The standard InChI is InChI=1S/C27H38ClF3N8O/c1-37(13-7-11-33-26(40)34-20-8-9-22(28)21(18-20)27(29,30)31)12-6-10-32-23-19-24(38-14-2-3-15-38)36-25(35-23)39-16-4-5-17-39/h8-9,18-19H,2-7,10-17H2,1H3,(H,32,35,36)(H2,33,34,40). The second kappa shape index (κ2) is 14.1. The molecule has 13 heteroatoms. The van der Waals surface area contributed by atoms with E-state index in [2.05, 4.69) is 36.7 Å². The number of anilines is 4. The van der Waals surface area contributed by atoms with Crippen LogP contribution in [0.1, 0.15) is 44.1 Å². The first-order chi connectivity index (χ1) is 19.2. The molecule has 0 spiro atoms. The number of rotatable bonds is 12. The van der Waals surface area contributed by atoms with Crippen LogP contribution in [0.2, 0.25) is 5.02 Å². The number of amides is 2. The van der Waals surface area contributed by atoms with Crippen molar-refractivity contribution in [3.8, 4) is 0 Å². The number of benzene rings is 1. The van der Waals surface area contributed by atoms with Crippen molar-refractivity contribution in [2.24, 2.45) is 0 Å². The van der Waals surface area contributed by atoms with Crippen LogP contribution in [0.25, 0.3) is 0 Å². The molecule has 0 saturated carbocycles. The molecule has 9 nitrogen and oxygen atoms in total. The second-order valence-electron chi connectivity index (χ2n) is 10.3. The summed E-state index contributed by atoms with van der Waals surface area (Å²) in [5.74, 6) is 2.68. The van der Waals surface area contributed by atoms with Gasteiger partial charge in [-0.05, 0) is 76.9 Å². The van der Waals surface area contributed by atoms with E-state index in [9.17, 15) is 18.0 Å². The van der Waals surface area contributed by atoms with Gasteiger partial charge >= 0.3 is 12.2 Å². The van der Waals surface area contributed by atoms with E-state index < -0.39 is 22.8 Å². The van der Waals surface area contributed by atoms with Gasteiger partial charge in [0.2, 0.25) is 5.95 Å². The molecule has 0 aliphatic carbocycles. The summed E-state index contributed by atoms with van der Waals surface area (Å²) in [5.41, 5.74) is -0.954. The predicted molar refractivity (Wildman–Crippen MR) is 154 cm³/mol. The van der Waals surface area contributed by atoms with Gasteiger partial charge in [0, 0.05) is 51.0 Å². The lowest BCUT2D eigenvalue weighted by Gasteiger charge is -2.22. The van der Waals surface area contributed by atoms with Crippen LogP contribution in [0.4, 0.5) is 41.2 Å². The minimum atomic E-state index is -4.59. The number of hydrogen-bond acceptors (Lipinski definition) is 7. The smallest absolute Gasteiger partial charge is 0.370 e. The Kier molecular flexibility index (Phi) is 10.5. The van der Waals surface area contributed by atoms with E-state index in [0.29, 0.717) is 13.0 Å². The molecule has 0 radical (unpaired) electrons. The molecule has 1 aromatic carbocycles. The topological polar surface area (TPSA) is 88.7 Å². The van der Waals surface area contributed by atoms with Gasteiger partial charge in [0.25, 0.3) is 0 Å². The molecule has 40 heavy (non-hydrogen) atoms. The highest BCUT2D eigenvalue weighted by molar-refractivity contribution is 6.31. The number of hydrogen-bond donors (Lipinski definition) is 3. The summed E-state index contributed by atoms with van der Waals surface area (Å²) in [5, 5.41) is 8.17. The first-order valence-electron chi connectivity index (χ1n) is 13.9. The minimum Gasteiger partial charge on any atom is -0.370 e. The van der Waals surface area contributed by atoms with E-state index in [4.69, 9.17) is 21.6 Å². The highest BCUT2D eigenvalue weighted by atomic mass is 35.5. The number of urea groups is 1. The fourth-order valence-electron chi connectivity index (χ4n) is 4.90. The average Bonchev–Trinajstić information content (AvgIpc) is 3.65. The van der Waals surface area contributed by atoms with Crippen LogP contribution in [0.5, 0.6) is 0 Å². The van der Waals surface area contributed by atoms with E-state index >= 15 is 0 Å². The Morgan fingerprint density at radius 2 is 1.62 bits per heavy atom. The quantitative estimate of drug-likeness (QED) is 0.293. The molecule has 0 unspecified atom stereocenters. The minimum absolute atomic E-state index is 0.0302. The molecule has 3 N–H and O–H groups in total. The third-order valence-electron chi connectivity index (χ3n) is 7.07. The summed E-state index contributed by atoms with van der Waals surface area (Å²) in [6, 6.07) is 4.77.